The third-order valence-electron chi connectivity index (χ3n) is 5.85. The number of hydrogen-bond acceptors (Lipinski definition) is 3. The topological polar surface area (TPSA) is 66.5 Å². The smallest absolute Gasteiger partial charge is 0.251 e. The van der Waals surface area contributed by atoms with E-state index < -0.39 is 10.0 Å². The van der Waals surface area contributed by atoms with Gasteiger partial charge >= 0.3 is 0 Å². The number of benzene rings is 3. The van der Waals surface area contributed by atoms with Gasteiger partial charge in [-0.25, -0.2) is 8.42 Å². The molecule has 0 aliphatic carbocycles. The Morgan fingerprint density at radius 2 is 1.47 bits per heavy atom. The van der Waals surface area contributed by atoms with Crippen molar-refractivity contribution in [2.45, 2.75) is 46.7 Å². The highest BCUT2D eigenvalue weighted by molar-refractivity contribution is 7.92. The van der Waals surface area contributed by atoms with Gasteiger partial charge in [-0.3, -0.25) is 9.10 Å². The van der Waals surface area contributed by atoms with Crippen molar-refractivity contribution in [3.63, 3.8) is 0 Å². The molecule has 0 aromatic heterocycles. The molecule has 0 unspecified atom stereocenters. The molecule has 0 saturated heterocycles. The average molecular weight is 479 g/mol. The van der Waals surface area contributed by atoms with E-state index in [0.717, 1.165) is 28.7 Å². The third kappa shape index (κ3) is 6.48. The number of rotatable bonds is 9. The van der Waals surface area contributed by atoms with Crippen LogP contribution in [-0.2, 0) is 16.6 Å². The van der Waals surface area contributed by atoms with Crippen LogP contribution in [0.3, 0.4) is 0 Å². The highest BCUT2D eigenvalue weighted by atomic mass is 32.2. The Morgan fingerprint density at radius 1 is 0.882 bits per heavy atom. The van der Waals surface area contributed by atoms with Crippen LogP contribution in [0.5, 0.6) is 0 Å². The van der Waals surface area contributed by atoms with E-state index in [-0.39, 0.29) is 18.5 Å². The normalized spacial score (nSPS) is 12.4. The van der Waals surface area contributed by atoms with E-state index in [9.17, 15) is 13.2 Å². The quantitative estimate of drug-likeness (QED) is 0.423. The highest BCUT2D eigenvalue weighted by Gasteiger charge is 2.22. The molecule has 180 valence electrons. The Bertz CT molecular complexity index is 1200. The molecule has 0 saturated carbocycles. The molecular formula is C28H34N2O3S. The van der Waals surface area contributed by atoms with Crippen LogP contribution in [-0.4, -0.2) is 20.6 Å². The first-order valence-corrected chi connectivity index (χ1v) is 13.4. The maximum atomic E-state index is 13.0. The Kier molecular flexibility index (Phi) is 8.15. The second-order valence-electron chi connectivity index (χ2n) is 9.27. The summed E-state index contributed by atoms with van der Waals surface area (Å²) >= 11 is 0. The first-order chi connectivity index (χ1) is 16.1. The van der Waals surface area contributed by atoms with E-state index in [1.54, 1.807) is 12.1 Å². The Hall–Kier alpha value is -3.12. The van der Waals surface area contributed by atoms with Crippen LogP contribution in [0.4, 0.5) is 5.69 Å². The number of sulfonamides is 1. The minimum absolute atomic E-state index is 0.0712. The molecule has 5 nitrogen and oxygen atoms in total. The molecule has 3 rings (SSSR count). The summed E-state index contributed by atoms with van der Waals surface area (Å²) in [7, 11) is -3.49. The number of carbonyl (C=O) groups is 1. The van der Waals surface area contributed by atoms with Gasteiger partial charge in [-0.2, -0.15) is 0 Å². The van der Waals surface area contributed by atoms with Gasteiger partial charge in [-0.05, 0) is 60.6 Å². The van der Waals surface area contributed by atoms with Crippen molar-refractivity contribution < 1.29 is 13.2 Å². The zero-order valence-corrected chi connectivity index (χ0v) is 21.4. The summed E-state index contributed by atoms with van der Waals surface area (Å²) < 4.78 is 26.7. The maximum absolute atomic E-state index is 13.0. The first kappa shape index (κ1) is 25.5. The highest BCUT2D eigenvalue weighted by Crippen LogP contribution is 2.28. The molecule has 0 heterocycles. The molecule has 1 amide bonds. The lowest BCUT2D eigenvalue weighted by Crippen LogP contribution is -2.31. The number of hydrogen-bond donors (Lipinski definition) is 1. The molecule has 3 aromatic carbocycles. The average Bonchev–Trinajstić information content (AvgIpc) is 2.78. The van der Waals surface area contributed by atoms with Crippen molar-refractivity contribution in [2.75, 3.05) is 10.6 Å². The van der Waals surface area contributed by atoms with Gasteiger partial charge in [-0.1, -0.05) is 74.5 Å². The number of carbonyl (C=O) groups excluding carboxylic acids is 1. The van der Waals surface area contributed by atoms with Gasteiger partial charge in [0.05, 0.1) is 24.5 Å². The van der Waals surface area contributed by atoms with Gasteiger partial charge in [-0.15, -0.1) is 0 Å². The molecule has 0 radical (unpaired) electrons. The lowest BCUT2D eigenvalue weighted by atomic mass is 9.96. The monoisotopic (exact) mass is 478 g/mol. The molecular weight excluding hydrogens is 444 g/mol. The molecule has 0 aliphatic rings. The Morgan fingerprint density at radius 3 is 2.00 bits per heavy atom. The van der Waals surface area contributed by atoms with E-state index in [2.05, 4.69) is 19.2 Å². The van der Waals surface area contributed by atoms with Crippen LogP contribution < -0.4 is 9.62 Å². The van der Waals surface area contributed by atoms with Crippen LogP contribution in [0.2, 0.25) is 0 Å². The van der Waals surface area contributed by atoms with Crippen molar-refractivity contribution in [3.8, 4) is 0 Å². The van der Waals surface area contributed by atoms with Gasteiger partial charge in [0.1, 0.15) is 0 Å². The Balaban J connectivity index is 1.80. The zero-order chi connectivity index (χ0) is 24.9. The fraction of sp³-hybridized carbons (Fsp3) is 0.321. The van der Waals surface area contributed by atoms with Crippen molar-refractivity contribution >= 4 is 21.6 Å². The number of para-hydroxylation sites is 1. The van der Waals surface area contributed by atoms with E-state index in [4.69, 9.17) is 0 Å². The van der Waals surface area contributed by atoms with Crippen molar-refractivity contribution in [2.24, 2.45) is 5.92 Å². The number of amides is 1. The zero-order valence-electron chi connectivity index (χ0n) is 20.6. The van der Waals surface area contributed by atoms with Gasteiger partial charge in [0.25, 0.3) is 5.91 Å². The minimum atomic E-state index is -3.49. The van der Waals surface area contributed by atoms with Crippen molar-refractivity contribution in [1.29, 1.82) is 0 Å². The van der Waals surface area contributed by atoms with E-state index in [1.165, 1.54) is 10.6 Å². The van der Waals surface area contributed by atoms with E-state index >= 15 is 0 Å². The number of aryl methyl sites for hydroxylation is 2. The number of anilines is 1. The molecule has 6 heteroatoms. The molecule has 0 bridgehead atoms. The lowest BCUT2D eigenvalue weighted by Gasteiger charge is -2.26. The first-order valence-electron chi connectivity index (χ1n) is 11.5. The van der Waals surface area contributed by atoms with E-state index in [1.807, 2.05) is 74.5 Å². The molecule has 1 N–H and O–H groups in total. The van der Waals surface area contributed by atoms with Gasteiger partial charge < -0.3 is 5.32 Å². The summed E-state index contributed by atoms with van der Waals surface area (Å²) in [5.41, 5.74) is 4.94. The van der Waals surface area contributed by atoms with E-state index in [0.29, 0.717) is 17.2 Å². The second-order valence-corrected chi connectivity index (χ2v) is 11.2. The lowest BCUT2D eigenvalue weighted by molar-refractivity contribution is 0.0932. The fourth-order valence-corrected chi connectivity index (χ4v) is 5.17. The predicted molar refractivity (Wildman–Crippen MR) is 139 cm³/mol. The molecule has 34 heavy (non-hydrogen) atoms. The van der Waals surface area contributed by atoms with Crippen molar-refractivity contribution in [1.82, 2.24) is 5.32 Å². The molecule has 0 aliphatic heterocycles. The summed E-state index contributed by atoms with van der Waals surface area (Å²) in [6.07, 6.45) is 2.06. The number of nitrogens with zero attached hydrogens (tertiary/aromatic N) is 1. The third-order valence-corrected chi connectivity index (χ3v) is 6.96. The molecule has 3 aromatic rings. The summed E-state index contributed by atoms with van der Waals surface area (Å²) in [6.45, 7) is 8.30. The molecule has 0 fully saturated rings. The van der Waals surface area contributed by atoms with Crippen LogP contribution in [0.25, 0.3) is 0 Å². The largest absolute Gasteiger partial charge is 0.345 e. The van der Waals surface area contributed by atoms with Gasteiger partial charge in [0, 0.05) is 5.56 Å². The number of nitrogens with one attached hydrogen (secondary N) is 1. The summed E-state index contributed by atoms with van der Waals surface area (Å²) in [4.78, 5) is 13.0. The maximum Gasteiger partial charge on any atom is 0.251 e. The summed E-state index contributed by atoms with van der Waals surface area (Å²) in [5.74, 6) is 0.288. The van der Waals surface area contributed by atoms with Crippen LogP contribution in [0.15, 0.2) is 72.8 Å². The SMILES string of the molecule is Cc1cccc(C)c1N(Cc1ccc(C(=O)N[C@@H](CC(C)C)c2ccccc2)cc1)S(C)(=O)=O. The van der Waals surface area contributed by atoms with Crippen molar-refractivity contribution in [3.05, 3.63) is 101 Å². The van der Waals surface area contributed by atoms with Crippen LogP contribution in [0.1, 0.15) is 58.9 Å². The molecule has 0 spiro atoms. The summed E-state index contributed by atoms with van der Waals surface area (Å²) in [6, 6.07) is 22.8. The van der Waals surface area contributed by atoms with Crippen LogP contribution in [0, 0.1) is 19.8 Å². The molecule has 1 atom stereocenters. The fourth-order valence-electron chi connectivity index (χ4n) is 4.17. The van der Waals surface area contributed by atoms with Gasteiger partial charge in [0.15, 0.2) is 0 Å². The standard InChI is InChI=1S/C28H34N2O3S/c1-20(2)18-26(24-12-7-6-8-13-24)29-28(31)25-16-14-23(15-17-25)19-30(34(5,32)33)27-21(3)10-9-11-22(27)4/h6-17,20,26H,18-19H2,1-5H3,(H,29,31)/t26-/m0/s1. The second kappa shape index (κ2) is 10.9. The predicted octanol–water partition coefficient (Wildman–Crippen LogP) is 5.79. The summed E-state index contributed by atoms with van der Waals surface area (Å²) in [5, 5.41) is 3.16. The minimum Gasteiger partial charge on any atom is -0.345 e. The van der Waals surface area contributed by atoms with Gasteiger partial charge in [0.2, 0.25) is 10.0 Å². The Labute approximate surface area is 203 Å². The van der Waals surface area contributed by atoms with Crippen LogP contribution >= 0.6 is 0 Å².